The van der Waals surface area contributed by atoms with Crippen LogP contribution in [0.5, 0.6) is 0 Å². The van der Waals surface area contributed by atoms with Crippen LogP contribution < -0.4 is 5.43 Å². The summed E-state index contributed by atoms with van der Waals surface area (Å²) < 4.78 is 0. The molecule has 1 N–H and O–H groups in total. The van der Waals surface area contributed by atoms with Crippen LogP contribution in [0.2, 0.25) is 0 Å². The molecule has 1 fully saturated rings. The minimum atomic E-state index is 1.000. The number of hydrogen-bond acceptors (Lipinski definition) is 3. The molecule has 3 nitrogen and oxygen atoms in total. The van der Waals surface area contributed by atoms with Gasteiger partial charge in [0.25, 0.3) is 0 Å². The molecule has 3 heteroatoms. The van der Waals surface area contributed by atoms with Gasteiger partial charge in [-0.15, -0.1) is 0 Å². The van der Waals surface area contributed by atoms with Gasteiger partial charge >= 0.3 is 0 Å². The molecular weight excluding hydrogens is 126 g/mol. The van der Waals surface area contributed by atoms with E-state index in [9.17, 15) is 0 Å². The number of nitrogens with one attached hydrogen (secondary N) is 1. The maximum Gasteiger partial charge on any atom is 0.115 e. The van der Waals surface area contributed by atoms with Crippen molar-refractivity contribution >= 4 is 0 Å². The SMILES string of the molecule is CN1CCCN2NCC=C12. The monoisotopic (exact) mass is 139 g/mol. The fraction of sp³-hybridized carbons (Fsp3) is 0.714. The Hall–Kier alpha value is -0.700. The van der Waals surface area contributed by atoms with Gasteiger partial charge in [-0.25, -0.2) is 5.43 Å². The molecule has 0 unspecified atom stereocenters. The predicted octanol–water partition coefficient (Wildman–Crippen LogP) is -0.0165. The summed E-state index contributed by atoms with van der Waals surface area (Å²) in [5, 5.41) is 2.23. The van der Waals surface area contributed by atoms with Crippen molar-refractivity contribution in [3.05, 3.63) is 11.9 Å². The molecule has 0 bridgehead atoms. The molecule has 1 saturated heterocycles. The van der Waals surface area contributed by atoms with Crippen LogP contribution in [0.1, 0.15) is 6.42 Å². The molecule has 0 amide bonds. The molecule has 0 saturated carbocycles. The molecule has 0 aromatic carbocycles. The normalized spacial score (nSPS) is 24.7. The van der Waals surface area contributed by atoms with Crippen molar-refractivity contribution in [3.63, 3.8) is 0 Å². The Bertz CT molecular complexity index is 164. The third-order valence-electron chi connectivity index (χ3n) is 2.11. The average Bonchev–Trinajstić information content (AvgIpc) is 2.36. The van der Waals surface area contributed by atoms with Crippen molar-refractivity contribution < 1.29 is 0 Å². The zero-order chi connectivity index (χ0) is 6.97. The molecular formula is C7H13N3. The third kappa shape index (κ3) is 0.778. The van der Waals surface area contributed by atoms with E-state index in [0.29, 0.717) is 0 Å². The fourth-order valence-corrected chi connectivity index (χ4v) is 1.57. The first-order valence-corrected chi connectivity index (χ1v) is 3.80. The van der Waals surface area contributed by atoms with Gasteiger partial charge in [-0.05, 0) is 12.5 Å². The van der Waals surface area contributed by atoms with E-state index < -0.39 is 0 Å². The minimum Gasteiger partial charge on any atom is -0.360 e. The molecule has 2 rings (SSSR count). The summed E-state index contributed by atoms with van der Waals surface area (Å²) in [7, 11) is 2.14. The lowest BCUT2D eigenvalue weighted by molar-refractivity contribution is 0.154. The summed E-state index contributed by atoms with van der Waals surface area (Å²) in [6.45, 7) is 3.36. The van der Waals surface area contributed by atoms with Gasteiger partial charge in [-0.1, -0.05) is 0 Å². The Morgan fingerprint density at radius 1 is 1.50 bits per heavy atom. The highest BCUT2D eigenvalue weighted by Crippen LogP contribution is 2.16. The second-order valence-corrected chi connectivity index (χ2v) is 2.85. The quantitative estimate of drug-likeness (QED) is 0.509. The molecule has 2 aliphatic heterocycles. The van der Waals surface area contributed by atoms with Gasteiger partial charge in [0.05, 0.1) is 0 Å². The summed E-state index contributed by atoms with van der Waals surface area (Å²) in [4.78, 5) is 2.30. The third-order valence-corrected chi connectivity index (χ3v) is 2.11. The van der Waals surface area contributed by atoms with Crippen molar-refractivity contribution in [1.82, 2.24) is 15.3 Å². The summed E-state index contributed by atoms with van der Waals surface area (Å²) in [5.74, 6) is 1.35. The molecule has 2 aliphatic rings. The first kappa shape index (κ1) is 6.04. The molecule has 0 aromatic heterocycles. The smallest absolute Gasteiger partial charge is 0.115 e. The van der Waals surface area contributed by atoms with E-state index in [-0.39, 0.29) is 0 Å². The standard InChI is InChI=1S/C7H13N3/c1-9-5-2-6-10-7(9)3-4-8-10/h3,8H,2,4-6H2,1H3. The highest BCUT2D eigenvalue weighted by Gasteiger charge is 2.21. The van der Waals surface area contributed by atoms with Gasteiger partial charge in [0.15, 0.2) is 0 Å². The van der Waals surface area contributed by atoms with E-state index in [1.54, 1.807) is 0 Å². The van der Waals surface area contributed by atoms with Gasteiger partial charge in [0.1, 0.15) is 5.82 Å². The van der Waals surface area contributed by atoms with Crippen LogP contribution in [-0.4, -0.2) is 36.6 Å². The highest BCUT2D eigenvalue weighted by molar-refractivity contribution is 5.06. The fourth-order valence-electron chi connectivity index (χ4n) is 1.57. The lowest BCUT2D eigenvalue weighted by Crippen LogP contribution is -2.43. The van der Waals surface area contributed by atoms with E-state index in [0.717, 1.165) is 13.1 Å². The van der Waals surface area contributed by atoms with Gasteiger partial charge in [-0.2, -0.15) is 0 Å². The average molecular weight is 139 g/mol. The zero-order valence-electron chi connectivity index (χ0n) is 6.30. The summed E-state index contributed by atoms with van der Waals surface area (Å²) in [6, 6.07) is 0. The molecule has 0 spiro atoms. The van der Waals surface area contributed by atoms with Gasteiger partial charge in [-0.3, -0.25) is 5.01 Å². The van der Waals surface area contributed by atoms with Crippen LogP contribution in [0.15, 0.2) is 11.9 Å². The number of fused-ring (bicyclic) bond motifs is 1. The summed E-state index contributed by atoms with van der Waals surface area (Å²) >= 11 is 0. The molecule has 2 heterocycles. The van der Waals surface area contributed by atoms with Crippen molar-refractivity contribution in [2.45, 2.75) is 6.42 Å². The van der Waals surface area contributed by atoms with E-state index in [2.05, 4.69) is 28.5 Å². The van der Waals surface area contributed by atoms with Crippen LogP contribution in [-0.2, 0) is 0 Å². The number of rotatable bonds is 0. The lowest BCUT2D eigenvalue weighted by atomic mass is 10.3. The Kier molecular flexibility index (Phi) is 1.31. The van der Waals surface area contributed by atoms with Gasteiger partial charge in [0, 0.05) is 26.7 Å². The van der Waals surface area contributed by atoms with E-state index >= 15 is 0 Å². The Morgan fingerprint density at radius 3 is 3.20 bits per heavy atom. The van der Waals surface area contributed by atoms with Crippen molar-refractivity contribution in [2.75, 3.05) is 26.7 Å². The van der Waals surface area contributed by atoms with Crippen LogP contribution >= 0.6 is 0 Å². The minimum absolute atomic E-state index is 1.000. The largest absolute Gasteiger partial charge is 0.360 e. The Balaban J connectivity index is 2.15. The Morgan fingerprint density at radius 2 is 2.40 bits per heavy atom. The molecule has 56 valence electrons. The second kappa shape index (κ2) is 2.16. The maximum atomic E-state index is 3.29. The number of hydrazine groups is 1. The summed E-state index contributed by atoms with van der Waals surface area (Å²) in [6.07, 6.45) is 3.50. The van der Waals surface area contributed by atoms with Crippen LogP contribution in [0.25, 0.3) is 0 Å². The van der Waals surface area contributed by atoms with Crippen molar-refractivity contribution in [2.24, 2.45) is 0 Å². The highest BCUT2D eigenvalue weighted by atomic mass is 15.6. The number of hydrogen-bond donors (Lipinski definition) is 1. The van der Waals surface area contributed by atoms with Crippen molar-refractivity contribution in [1.29, 1.82) is 0 Å². The second-order valence-electron chi connectivity index (χ2n) is 2.85. The molecule has 0 atom stereocenters. The topological polar surface area (TPSA) is 18.5 Å². The van der Waals surface area contributed by atoms with E-state index in [1.807, 2.05) is 0 Å². The first-order valence-electron chi connectivity index (χ1n) is 3.80. The molecule has 10 heavy (non-hydrogen) atoms. The van der Waals surface area contributed by atoms with Crippen LogP contribution in [0, 0.1) is 0 Å². The lowest BCUT2D eigenvalue weighted by Gasteiger charge is -2.34. The molecule has 0 radical (unpaired) electrons. The predicted molar refractivity (Wildman–Crippen MR) is 40.0 cm³/mol. The van der Waals surface area contributed by atoms with Gasteiger partial charge < -0.3 is 4.90 Å². The molecule has 0 aromatic rings. The Labute approximate surface area is 61.3 Å². The first-order chi connectivity index (χ1) is 4.88. The maximum absolute atomic E-state index is 3.29. The van der Waals surface area contributed by atoms with Crippen molar-refractivity contribution in [3.8, 4) is 0 Å². The number of nitrogens with zero attached hydrogens (tertiary/aromatic N) is 2. The molecule has 0 aliphatic carbocycles. The van der Waals surface area contributed by atoms with Gasteiger partial charge in [0.2, 0.25) is 0 Å². The van der Waals surface area contributed by atoms with Crippen LogP contribution in [0.4, 0.5) is 0 Å². The van der Waals surface area contributed by atoms with Crippen LogP contribution in [0.3, 0.4) is 0 Å². The summed E-state index contributed by atoms with van der Waals surface area (Å²) in [5.41, 5.74) is 3.29. The van der Waals surface area contributed by atoms with E-state index in [1.165, 1.54) is 18.8 Å². The van der Waals surface area contributed by atoms with E-state index in [4.69, 9.17) is 0 Å². The zero-order valence-corrected chi connectivity index (χ0v) is 6.30.